The standard InChI is InChI=1S/C18H21N7.C2HF3O2/c1-12-10-17(24-23-12)21-16-7-6-15-18(22-16)25(11-20-15)14-4-2-13(3-5-14)8-9-19;3-2(4,5)1(6)7/h6-7,10-11,13-14H,2-5,8H2,1H3,(H2,21,22,23,24);(H,6,7). The molecule has 0 bridgehead atoms. The molecule has 0 radical (unpaired) electrons. The molecule has 1 aliphatic rings. The number of rotatable bonds is 4. The molecule has 0 aliphatic heterocycles. The molecule has 0 spiro atoms. The highest BCUT2D eigenvalue weighted by atomic mass is 19.4. The van der Waals surface area contributed by atoms with E-state index in [1.165, 1.54) is 0 Å². The molecule has 0 saturated heterocycles. The number of nitriles is 1. The third kappa shape index (κ3) is 5.75. The van der Waals surface area contributed by atoms with E-state index < -0.39 is 12.1 Å². The number of alkyl halides is 3. The quantitative estimate of drug-likeness (QED) is 0.535. The lowest BCUT2D eigenvalue weighted by atomic mass is 9.84. The molecule has 12 heteroatoms. The Kier molecular flexibility index (Phi) is 6.97. The molecule has 9 nitrogen and oxygen atoms in total. The molecule has 1 fully saturated rings. The lowest BCUT2D eigenvalue weighted by Gasteiger charge is -2.28. The Hall–Kier alpha value is -3.62. The van der Waals surface area contributed by atoms with Gasteiger partial charge in [0.2, 0.25) is 0 Å². The highest BCUT2D eigenvalue weighted by molar-refractivity contribution is 5.74. The van der Waals surface area contributed by atoms with E-state index in [0.29, 0.717) is 18.4 Å². The normalized spacial score (nSPS) is 18.5. The summed E-state index contributed by atoms with van der Waals surface area (Å²) in [6, 6.07) is 8.57. The molecule has 1 saturated carbocycles. The van der Waals surface area contributed by atoms with Gasteiger partial charge in [0.1, 0.15) is 11.3 Å². The van der Waals surface area contributed by atoms with Crippen LogP contribution >= 0.6 is 0 Å². The Labute approximate surface area is 181 Å². The number of aliphatic carboxylic acids is 1. The van der Waals surface area contributed by atoms with Crippen LogP contribution in [0.1, 0.15) is 43.8 Å². The monoisotopic (exact) mass is 449 g/mol. The van der Waals surface area contributed by atoms with Crippen molar-refractivity contribution in [1.82, 2.24) is 24.7 Å². The molecular formula is C20H22F3N7O2. The lowest BCUT2D eigenvalue weighted by Crippen LogP contribution is -2.21. The molecule has 1 aliphatic carbocycles. The number of carboxylic acid groups (broad SMARTS) is 1. The number of halogens is 3. The Balaban J connectivity index is 0.000000360. The number of hydrogen-bond acceptors (Lipinski definition) is 6. The number of nitrogens with one attached hydrogen (secondary N) is 2. The number of fused-ring (bicyclic) bond motifs is 1. The van der Waals surface area contributed by atoms with E-state index in [0.717, 1.165) is 54.2 Å². The first-order valence-electron chi connectivity index (χ1n) is 9.97. The van der Waals surface area contributed by atoms with Crippen molar-refractivity contribution in [1.29, 1.82) is 5.26 Å². The summed E-state index contributed by atoms with van der Waals surface area (Å²) >= 11 is 0. The van der Waals surface area contributed by atoms with Gasteiger partial charge in [-0.25, -0.2) is 14.8 Å². The van der Waals surface area contributed by atoms with Crippen molar-refractivity contribution in [2.24, 2.45) is 5.92 Å². The Morgan fingerprint density at radius 3 is 2.56 bits per heavy atom. The van der Waals surface area contributed by atoms with Gasteiger partial charge >= 0.3 is 12.1 Å². The lowest BCUT2D eigenvalue weighted by molar-refractivity contribution is -0.192. The number of carboxylic acids is 1. The molecule has 3 N–H and O–H groups in total. The number of hydrogen-bond donors (Lipinski definition) is 3. The van der Waals surface area contributed by atoms with Gasteiger partial charge in [0.25, 0.3) is 0 Å². The summed E-state index contributed by atoms with van der Waals surface area (Å²) in [5.41, 5.74) is 2.81. The van der Waals surface area contributed by atoms with Crippen LogP contribution in [0.3, 0.4) is 0 Å². The fraction of sp³-hybridized carbons (Fsp3) is 0.450. The minimum absolute atomic E-state index is 0.412. The van der Waals surface area contributed by atoms with Gasteiger partial charge in [0, 0.05) is 24.2 Å². The number of aromatic amines is 1. The number of pyridine rings is 1. The van der Waals surface area contributed by atoms with Gasteiger partial charge in [0.15, 0.2) is 11.5 Å². The van der Waals surface area contributed by atoms with Gasteiger partial charge in [-0.1, -0.05) is 0 Å². The van der Waals surface area contributed by atoms with E-state index in [-0.39, 0.29) is 0 Å². The van der Waals surface area contributed by atoms with Gasteiger partial charge in [-0.2, -0.15) is 23.5 Å². The molecule has 0 unspecified atom stereocenters. The van der Waals surface area contributed by atoms with Crippen LogP contribution in [0.2, 0.25) is 0 Å². The fourth-order valence-electron chi connectivity index (χ4n) is 3.62. The number of anilines is 2. The van der Waals surface area contributed by atoms with E-state index in [4.69, 9.17) is 20.1 Å². The smallest absolute Gasteiger partial charge is 0.475 e. The molecule has 3 heterocycles. The van der Waals surface area contributed by atoms with E-state index in [1.807, 2.05) is 31.5 Å². The summed E-state index contributed by atoms with van der Waals surface area (Å²) in [4.78, 5) is 18.1. The minimum atomic E-state index is -5.08. The van der Waals surface area contributed by atoms with Gasteiger partial charge in [0.05, 0.1) is 12.4 Å². The topological polar surface area (TPSA) is 133 Å². The fourth-order valence-corrected chi connectivity index (χ4v) is 3.62. The zero-order valence-corrected chi connectivity index (χ0v) is 17.2. The summed E-state index contributed by atoms with van der Waals surface area (Å²) in [5.74, 6) is -0.692. The van der Waals surface area contributed by atoms with Crippen molar-refractivity contribution in [2.45, 2.75) is 51.2 Å². The average molecular weight is 449 g/mol. The average Bonchev–Trinajstić information content (AvgIpc) is 3.34. The van der Waals surface area contributed by atoms with Crippen molar-refractivity contribution in [3.8, 4) is 6.07 Å². The van der Waals surface area contributed by atoms with Crippen molar-refractivity contribution in [3.05, 3.63) is 30.2 Å². The second-order valence-corrected chi connectivity index (χ2v) is 7.59. The van der Waals surface area contributed by atoms with Crippen LogP contribution in [0.25, 0.3) is 11.2 Å². The largest absolute Gasteiger partial charge is 0.490 e. The van der Waals surface area contributed by atoms with E-state index >= 15 is 0 Å². The molecule has 3 aromatic rings. The van der Waals surface area contributed by atoms with Crippen LogP contribution in [0.4, 0.5) is 24.8 Å². The van der Waals surface area contributed by atoms with E-state index in [2.05, 4.69) is 31.1 Å². The zero-order valence-electron chi connectivity index (χ0n) is 17.2. The first-order valence-corrected chi connectivity index (χ1v) is 9.97. The summed E-state index contributed by atoms with van der Waals surface area (Å²) in [7, 11) is 0. The first-order chi connectivity index (χ1) is 15.2. The highest BCUT2D eigenvalue weighted by Crippen LogP contribution is 2.35. The minimum Gasteiger partial charge on any atom is -0.475 e. The maximum absolute atomic E-state index is 10.6. The molecule has 32 heavy (non-hydrogen) atoms. The Bertz CT molecular complexity index is 1110. The predicted octanol–water partition coefficient (Wildman–Crippen LogP) is 4.48. The number of nitrogens with zero attached hydrogens (tertiary/aromatic N) is 5. The predicted molar refractivity (Wildman–Crippen MR) is 109 cm³/mol. The van der Waals surface area contributed by atoms with Gasteiger partial charge < -0.3 is 15.0 Å². The van der Waals surface area contributed by atoms with Gasteiger partial charge in [-0.15, -0.1) is 0 Å². The summed E-state index contributed by atoms with van der Waals surface area (Å²) < 4.78 is 33.9. The Morgan fingerprint density at radius 2 is 2.00 bits per heavy atom. The molecule has 0 atom stereocenters. The second-order valence-electron chi connectivity index (χ2n) is 7.59. The number of H-pyrrole nitrogens is 1. The number of imidazole rings is 1. The van der Waals surface area contributed by atoms with Crippen LogP contribution in [0.5, 0.6) is 0 Å². The van der Waals surface area contributed by atoms with E-state index in [1.54, 1.807) is 0 Å². The molecular weight excluding hydrogens is 427 g/mol. The van der Waals surface area contributed by atoms with Crippen LogP contribution in [-0.4, -0.2) is 42.0 Å². The van der Waals surface area contributed by atoms with Crippen molar-refractivity contribution < 1.29 is 23.1 Å². The van der Waals surface area contributed by atoms with Gasteiger partial charge in [-0.3, -0.25) is 5.10 Å². The van der Waals surface area contributed by atoms with Crippen LogP contribution < -0.4 is 5.32 Å². The van der Waals surface area contributed by atoms with Crippen molar-refractivity contribution in [2.75, 3.05) is 5.32 Å². The summed E-state index contributed by atoms with van der Waals surface area (Å²) in [5, 5.41) is 26.3. The van der Waals surface area contributed by atoms with Crippen LogP contribution in [0, 0.1) is 24.2 Å². The SMILES string of the molecule is Cc1cc(Nc2ccc3ncn(C4CCC(CC#N)CC4)c3n2)n[nH]1.O=C(O)C(F)(F)F. The van der Waals surface area contributed by atoms with Gasteiger partial charge in [-0.05, 0) is 50.7 Å². The molecule has 0 amide bonds. The maximum atomic E-state index is 10.6. The molecule has 4 rings (SSSR count). The molecule has 0 aromatic carbocycles. The molecule has 3 aromatic heterocycles. The van der Waals surface area contributed by atoms with Crippen LogP contribution in [-0.2, 0) is 4.79 Å². The number of carbonyl (C=O) groups is 1. The summed E-state index contributed by atoms with van der Waals surface area (Å²) in [6.45, 7) is 1.96. The highest BCUT2D eigenvalue weighted by Gasteiger charge is 2.38. The third-order valence-electron chi connectivity index (χ3n) is 5.21. The first kappa shape index (κ1) is 23.1. The number of aromatic nitrogens is 5. The summed E-state index contributed by atoms with van der Waals surface area (Å²) in [6.07, 6.45) is 1.85. The Morgan fingerprint density at radius 1 is 1.31 bits per heavy atom. The maximum Gasteiger partial charge on any atom is 0.490 e. The van der Waals surface area contributed by atoms with E-state index in [9.17, 15) is 13.2 Å². The zero-order chi connectivity index (χ0) is 23.3. The molecule has 170 valence electrons. The van der Waals surface area contributed by atoms with Crippen molar-refractivity contribution in [3.63, 3.8) is 0 Å². The van der Waals surface area contributed by atoms with Crippen molar-refractivity contribution >= 4 is 28.8 Å². The second kappa shape index (κ2) is 9.67. The third-order valence-corrected chi connectivity index (χ3v) is 5.21. The number of aryl methyl sites for hydroxylation is 1. The van der Waals surface area contributed by atoms with Crippen LogP contribution in [0.15, 0.2) is 24.5 Å².